The molecule has 0 bridgehead atoms. The van der Waals surface area contributed by atoms with Gasteiger partial charge in [-0.3, -0.25) is 0 Å². The van der Waals surface area contributed by atoms with Gasteiger partial charge in [0.15, 0.2) is 0 Å². The Morgan fingerprint density at radius 3 is 1.92 bits per heavy atom. The third-order valence-corrected chi connectivity index (χ3v) is 14.1. The van der Waals surface area contributed by atoms with E-state index in [0.29, 0.717) is 10.3 Å². The van der Waals surface area contributed by atoms with E-state index in [2.05, 4.69) is 4.82 Å². The van der Waals surface area contributed by atoms with Crippen molar-refractivity contribution in [2.75, 3.05) is 0 Å². The van der Waals surface area contributed by atoms with E-state index in [0.717, 1.165) is 35.4 Å². The second kappa shape index (κ2) is 9.05. The molecule has 2 aliphatic carbocycles. The Balaban J connectivity index is 1.68. The number of benzene rings is 3. The fraction of sp³-hybridized carbons (Fsp3) is 0.0690. The van der Waals surface area contributed by atoms with Gasteiger partial charge >= 0.3 is 209 Å². The van der Waals surface area contributed by atoms with Crippen molar-refractivity contribution in [2.24, 2.45) is 0 Å². The van der Waals surface area contributed by atoms with Crippen LogP contribution in [0.4, 0.5) is 8.78 Å². The average Bonchev–Trinajstić information content (AvgIpc) is 3.56. The Morgan fingerprint density at radius 2 is 1.39 bits per heavy atom. The van der Waals surface area contributed by atoms with E-state index in [9.17, 15) is 18.4 Å². The van der Waals surface area contributed by atoms with Crippen molar-refractivity contribution in [3.05, 3.63) is 135 Å². The summed E-state index contributed by atoms with van der Waals surface area (Å²) in [5.41, 5.74) is 1.95. The Bertz CT molecular complexity index is 1450. The molecular formula is C29H22F2O4Ti. The fourth-order valence-corrected chi connectivity index (χ4v) is 11.6. The predicted molar refractivity (Wildman–Crippen MR) is 131 cm³/mol. The van der Waals surface area contributed by atoms with Crippen LogP contribution < -0.4 is 0 Å². The van der Waals surface area contributed by atoms with Crippen molar-refractivity contribution in [2.45, 2.75) is 10.6 Å². The molecule has 0 aromatic heterocycles. The number of fused-ring (bicyclic) bond motifs is 1. The van der Waals surface area contributed by atoms with Crippen LogP contribution in [0, 0.1) is 11.6 Å². The van der Waals surface area contributed by atoms with Crippen molar-refractivity contribution >= 4 is 22.8 Å². The molecule has 0 fully saturated rings. The molecule has 0 spiro atoms. The molecular weight excluding hydrogens is 498 g/mol. The van der Waals surface area contributed by atoms with Gasteiger partial charge in [0.2, 0.25) is 0 Å². The summed E-state index contributed by atoms with van der Waals surface area (Å²) in [4.78, 5) is 31.6. The molecule has 0 heterocycles. The van der Waals surface area contributed by atoms with E-state index in [1.165, 1.54) is 24.3 Å². The van der Waals surface area contributed by atoms with Crippen LogP contribution in [0.15, 0.2) is 101 Å². The van der Waals surface area contributed by atoms with Crippen molar-refractivity contribution in [3.63, 3.8) is 0 Å². The topological polar surface area (TPSA) is 52.6 Å². The third-order valence-electron chi connectivity index (χ3n) is 6.67. The van der Waals surface area contributed by atoms with Crippen LogP contribution in [0.5, 0.6) is 0 Å². The van der Waals surface area contributed by atoms with Crippen LogP contribution in [-0.2, 0) is 22.3 Å². The summed E-state index contributed by atoms with van der Waals surface area (Å²) < 4.78 is 39.8. The SMILES string of the molecule is [CH2]=[Ti]([O]C(=O)c1ccc(F)cc1)([O]C(=O)c1ccc(F)cc1)([C]1=CC=CC1)[CH]1C=Cc2ccccc21. The van der Waals surface area contributed by atoms with Gasteiger partial charge in [0, 0.05) is 0 Å². The second-order valence-corrected chi connectivity index (χ2v) is 15.7. The zero-order valence-electron chi connectivity index (χ0n) is 19.2. The summed E-state index contributed by atoms with van der Waals surface area (Å²) in [6.45, 7) is 0. The second-order valence-electron chi connectivity index (χ2n) is 8.92. The summed E-state index contributed by atoms with van der Waals surface area (Å²) in [6.07, 6.45) is 9.63. The normalized spacial score (nSPS) is 16.4. The molecule has 36 heavy (non-hydrogen) atoms. The molecule has 2 aliphatic rings. The van der Waals surface area contributed by atoms with Gasteiger partial charge in [-0.25, -0.2) is 0 Å². The first-order valence-electron chi connectivity index (χ1n) is 11.4. The quantitative estimate of drug-likeness (QED) is 0.347. The van der Waals surface area contributed by atoms with Crippen LogP contribution >= 0.6 is 0 Å². The van der Waals surface area contributed by atoms with Gasteiger partial charge in [0.05, 0.1) is 0 Å². The first kappa shape index (κ1) is 24.0. The van der Waals surface area contributed by atoms with Gasteiger partial charge < -0.3 is 0 Å². The molecule has 0 radical (unpaired) electrons. The maximum atomic E-state index is 13.5. The molecule has 0 saturated carbocycles. The minimum absolute atomic E-state index is 0.107. The van der Waals surface area contributed by atoms with Crippen molar-refractivity contribution in [1.29, 1.82) is 0 Å². The summed E-state index contributed by atoms with van der Waals surface area (Å²) in [5, 5.41) is 0. The van der Waals surface area contributed by atoms with Crippen LogP contribution in [0.25, 0.3) is 6.08 Å². The molecule has 1 atom stereocenters. The molecule has 0 saturated heterocycles. The number of allylic oxidation sites excluding steroid dienone is 5. The van der Waals surface area contributed by atoms with Crippen LogP contribution in [0.2, 0.25) is 0 Å². The molecule has 180 valence electrons. The molecule has 3 aromatic carbocycles. The first-order valence-corrected chi connectivity index (χ1v) is 15.5. The Labute approximate surface area is 208 Å². The number of rotatable bonds is 6. The predicted octanol–water partition coefficient (Wildman–Crippen LogP) is 6.54. The standard InChI is InChI=1S/C9H7.2C7H5FO2.C5H5.CH2.Ti/c1-2-5-9-7-3-6-8(9)4-1;2*8-6-3-1-5(2-4-6)7(9)10;1-2-4-5-3-1;;/h1-7H;2*1-4H,(H,9,10);1-3H,4H2;1H2;/q;;;;;+2/p-2. The van der Waals surface area contributed by atoms with E-state index in [1.807, 2.05) is 48.6 Å². The van der Waals surface area contributed by atoms with Crippen LogP contribution in [0.3, 0.4) is 0 Å². The molecule has 0 aliphatic heterocycles. The van der Waals surface area contributed by atoms with Gasteiger partial charge in [-0.15, -0.1) is 0 Å². The van der Waals surface area contributed by atoms with E-state index in [1.54, 1.807) is 6.08 Å². The minimum atomic E-state index is -5.61. The zero-order chi connectivity index (χ0) is 25.4. The fourth-order valence-electron chi connectivity index (χ4n) is 4.77. The van der Waals surface area contributed by atoms with E-state index in [4.69, 9.17) is 6.64 Å². The van der Waals surface area contributed by atoms with Crippen LogP contribution in [0.1, 0.15) is 42.5 Å². The van der Waals surface area contributed by atoms with E-state index >= 15 is 0 Å². The van der Waals surface area contributed by atoms with Crippen LogP contribution in [-0.4, -0.2) is 16.8 Å². The van der Waals surface area contributed by atoms with E-state index in [-0.39, 0.29) is 11.1 Å². The number of hydrogen-bond acceptors (Lipinski definition) is 4. The summed E-state index contributed by atoms with van der Waals surface area (Å²) in [6, 6.07) is 17.5. The van der Waals surface area contributed by atoms with Gasteiger partial charge in [0.1, 0.15) is 0 Å². The van der Waals surface area contributed by atoms with Gasteiger partial charge in [-0.05, 0) is 0 Å². The molecule has 4 nitrogen and oxygen atoms in total. The molecule has 1 unspecified atom stereocenters. The van der Waals surface area contributed by atoms with Crippen molar-refractivity contribution in [3.8, 4) is 0 Å². The molecule has 7 heteroatoms. The first-order chi connectivity index (χ1) is 17.3. The Hall–Kier alpha value is -3.74. The summed E-state index contributed by atoms with van der Waals surface area (Å²) in [7, 11) is 0. The summed E-state index contributed by atoms with van der Waals surface area (Å²) >= 11 is -5.61. The van der Waals surface area contributed by atoms with Gasteiger partial charge in [0.25, 0.3) is 0 Å². The molecule has 3 aromatic rings. The number of carbonyl (C=O) groups is 2. The van der Waals surface area contributed by atoms with Gasteiger partial charge in [-0.2, -0.15) is 0 Å². The van der Waals surface area contributed by atoms with Gasteiger partial charge in [-0.1, -0.05) is 0 Å². The van der Waals surface area contributed by atoms with Crippen molar-refractivity contribution < 1.29 is 40.6 Å². The van der Waals surface area contributed by atoms with E-state index < -0.39 is 43.4 Å². The Morgan fingerprint density at radius 1 is 0.833 bits per heavy atom. The zero-order valence-corrected chi connectivity index (χ0v) is 20.8. The summed E-state index contributed by atoms with van der Waals surface area (Å²) in [5.74, 6) is -2.52. The maximum absolute atomic E-state index is 13.5. The van der Waals surface area contributed by atoms with Crippen molar-refractivity contribution in [1.82, 2.24) is 0 Å². The average molecular weight is 520 g/mol. The Kier molecular flexibility index (Phi) is 6.03. The number of hydrogen-bond donors (Lipinski definition) is 0. The third kappa shape index (κ3) is 4.13. The molecule has 0 amide bonds. The number of carbonyl (C=O) groups excluding carboxylic acids is 2. The molecule has 5 rings (SSSR count). The number of halogens is 2. The monoisotopic (exact) mass is 520 g/mol. The molecule has 0 N–H and O–H groups in total.